The van der Waals surface area contributed by atoms with Crippen molar-refractivity contribution in [1.82, 2.24) is 0 Å². The van der Waals surface area contributed by atoms with E-state index in [0.29, 0.717) is 5.02 Å². The van der Waals surface area contributed by atoms with Crippen molar-refractivity contribution in [2.75, 3.05) is 48.4 Å². The number of amides is 1. The average molecular weight is 346 g/mol. The van der Waals surface area contributed by atoms with Crippen molar-refractivity contribution in [1.29, 1.82) is 0 Å². The first-order valence-electron chi connectivity index (χ1n) is 7.93. The van der Waals surface area contributed by atoms with Gasteiger partial charge in [0.05, 0.1) is 19.8 Å². The molecule has 2 aromatic carbocycles. The highest BCUT2D eigenvalue weighted by molar-refractivity contribution is 6.30. The molecule has 24 heavy (non-hydrogen) atoms. The molecule has 1 amide bonds. The Hall–Kier alpha value is -2.24. The molecule has 0 spiro atoms. The standard InChI is InChI=1S/C18H20ClN3O2/c19-14-1-3-15(4-2-14)20-13-18(23)21-16-5-7-17(8-6-16)22-9-11-24-12-10-22/h1-8,20H,9-13H2,(H,21,23). The van der Waals surface area contributed by atoms with Crippen LogP contribution < -0.4 is 15.5 Å². The number of nitrogens with one attached hydrogen (secondary N) is 2. The molecule has 1 saturated heterocycles. The Morgan fingerprint density at radius 2 is 1.62 bits per heavy atom. The predicted molar refractivity (Wildman–Crippen MR) is 98.0 cm³/mol. The van der Waals surface area contributed by atoms with E-state index >= 15 is 0 Å². The molecule has 0 unspecified atom stereocenters. The number of hydrogen-bond acceptors (Lipinski definition) is 4. The summed E-state index contributed by atoms with van der Waals surface area (Å²) in [5.41, 5.74) is 2.79. The largest absolute Gasteiger partial charge is 0.378 e. The van der Waals surface area contributed by atoms with Crippen molar-refractivity contribution >= 4 is 34.6 Å². The minimum absolute atomic E-state index is 0.0935. The van der Waals surface area contributed by atoms with Gasteiger partial charge in [0.15, 0.2) is 0 Å². The molecule has 1 aliphatic heterocycles. The smallest absolute Gasteiger partial charge is 0.243 e. The van der Waals surface area contributed by atoms with E-state index in [1.54, 1.807) is 12.1 Å². The third-order valence-corrected chi connectivity index (χ3v) is 4.08. The van der Waals surface area contributed by atoms with Crippen molar-refractivity contribution in [2.45, 2.75) is 0 Å². The van der Waals surface area contributed by atoms with Crippen molar-refractivity contribution in [2.24, 2.45) is 0 Å². The summed E-state index contributed by atoms with van der Waals surface area (Å²) in [6.07, 6.45) is 0. The highest BCUT2D eigenvalue weighted by Crippen LogP contribution is 2.19. The van der Waals surface area contributed by atoms with Crippen LogP contribution in [0.2, 0.25) is 5.02 Å². The molecular weight excluding hydrogens is 326 g/mol. The summed E-state index contributed by atoms with van der Waals surface area (Å²) in [6, 6.07) is 15.1. The number of hydrogen-bond donors (Lipinski definition) is 2. The van der Waals surface area contributed by atoms with Gasteiger partial charge in [0, 0.05) is 35.2 Å². The highest BCUT2D eigenvalue weighted by atomic mass is 35.5. The zero-order chi connectivity index (χ0) is 16.8. The molecule has 1 aliphatic rings. The summed E-state index contributed by atoms with van der Waals surface area (Å²) in [4.78, 5) is 14.3. The van der Waals surface area contributed by atoms with Gasteiger partial charge in [0.25, 0.3) is 0 Å². The second kappa shape index (κ2) is 8.04. The Morgan fingerprint density at radius 3 is 2.29 bits per heavy atom. The van der Waals surface area contributed by atoms with Gasteiger partial charge in [-0.2, -0.15) is 0 Å². The minimum atomic E-state index is -0.0935. The average Bonchev–Trinajstić information content (AvgIpc) is 2.63. The first-order valence-corrected chi connectivity index (χ1v) is 8.30. The zero-order valence-electron chi connectivity index (χ0n) is 13.3. The van der Waals surface area contributed by atoms with E-state index in [4.69, 9.17) is 16.3 Å². The van der Waals surface area contributed by atoms with Crippen LogP contribution >= 0.6 is 11.6 Å². The normalized spacial score (nSPS) is 14.3. The van der Waals surface area contributed by atoms with Crippen LogP contribution in [0.5, 0.6) is 0 Å². The van der Waals surface area contributed by atoms with Gasteiger partial charge >= 0.3 is 0 Å². The molecule has 1 heterocycles. The Balaban J connectivity index is 1.49. The zero-order valence-corrected chi connectivity index (χ0v) is 14.1. The Morgan fingerprint density at radius 1 is 1.00 bits per heavy atom. The Kier molecular flexibility index (Phi) is 5.56. The summed E-state index contributed by atoms with van der Waals surface area (Å²) in [5, 5.41) is 6.62. The van der Waals surface area contributed by atoms with Gasteiger partial charge in [-0.1, -0.05) is 11.6 Å². The summed E-state index contributed by atoms with van der Waals surface area (Å²) in [7, 11) is 0. The fourth-order valence-corrected chi connectivity index (χ4v) is 2.66. The maximum atomic E-state index is 12.0. The van der Waals surface area contributed by atoms with Crippen LogP contribution in [0.25, 0.3) is 0 Å². The van der Waals surface area contributed by atoms with E-state index in [2.05, 4.69) is 15.5 Å². The van der Waals surface area contributed by atoms with Crippen molar-refractivity contribution in [3.63, 3.8) is 0 Å². The molecule has 0 saturated carbocycles. The quantitative estimate of drug-likeness (QED) is 0.873. The van der Waals surface area contributed by atoms with E-state index in [1.165, 1.54) is 0 Å². The third kappa shape index (κ3) is 4.63. The van der Waals surface area contributed by atoms with Gasteiger partial charge < -0.3 is 20.3 Å². The fraction of sp³-hybridized carbons (Fsp3) is 0.278. The van der Waals surface area contributed by atoms with Gasteiger partial charge in [-0.15, -0.1) is 0 Å². The molecule has 126 valence electrons. The predicted octanol–water partition coefficient (Wildman–Crippen LogP) is 3.23. The number of nitrogens with zero attached hydrogens (tertiary/aromatic N) is 1. The van der Waals surface area contributed by atoms with E-state index in [-0.39, 0.29) is 12.5 Å². The van der Waals surface area contributed by atoms with Crippen molar-refractivity contribution < 1.29 is 9.53 Å². The van der Waals surface area contributed by atoms with Gasteiger partial charge in [-0.25, -0.2) is 0 Å². The number of rotatable bonds is 5. The molecule has 6 heteroatoms. The summed E-state index contributed by atoms with van der Waals surface area (Å²) < 4.78 is 5.35. The van der Waals surface area contributed by atoms with E-state index in [1.807, 2.05) is 36.4 Å². The first-order chi connectivity index (χ1) is 11.7. The number of carbonyl (C=O) groups excluding carboxylic acids is 1. The van der Waals surface area contributed by atoms with Crippen molar-refractivity contribution in [3.8, 4) is 0 Å². The van der Waals surface area contributed by atoms with Crippen LogP contribution in [-0.4, -0.2) is 38.8 Å². The van der Waals surface area contributed by atoms with E-state index in [9.17, 15) is 4.79 Å². The lowest BCUT2D eigenvalue weighted by Crippen LogP contribution is -2.36. The number of halogens is 1. The Bertz CT molecular complexity index is 668. The molecule has 2 aromatic rings. The number of morpholine rings is 1. The van der Waals surface area contributed by atoms with Crippen LogP contribution in [0, 0.1) is 0 Å². The SMILES string of the molecule is O=C(CNc1ccc(Cl)cc1)Nc1ccc(N2CCOCC2)cc1. The van der Waals surface area contributed by atoms with Gasteiger partial charge in [0.1, 0.15) is 0 Å². The van der Waals surface area contributed by atoms with Crippen LogP contribution in [0.1, 0.15) is 0 Å². The third-order valence-electron chi connectivity index (χ3n) is 3.82. The second-order valence-corrected chi connectivity index (χ2v) is 5.99. The number of carbonyl (C=O) groups is 1. The first kappa shape index (κ1) is 16.6. The fourth-order valence-electron chi connectivity index (χ4n) is 2.53. The molecule has 1 fully saturated rings. The molecule has 0 aliphatic carbocycles. The molecule has 0 radical (unpaired) electrons. The number of anilines is 3. The maximum Gasteiger partial charge on any atom is 0.243 e. The van der Waals surface area contributed by atoms with Crippen LogP contribution in [-0.2, 0) is 9.53 Å². The molecule has 0 atom stereocenters. The van der Waals surface area contributed by atoms with E-state index < -0.39 is 0 Å². The summed E-state index contributed by atoms with van der Waals surface area (Å²) in [5.74, 6) is -0.0935. The number of ether oxygens (including phenoxy) is 1. The van der Waals surface area contributed by atoms with Crippen LogP contribution in [0.15, 0.2) is 48.5 Å². The molecule has 0 bridgehead atoms. The molecular formula is C18H20ClN3O2. The van der Waals surface area contributed by atoms with Crippen LogP contribution in [0.3, 0.4) is 0 Å². The molecule has 3 rings (SSSR count). The maximum absolute atomic E-state index is 12.0. The highest BCUT2D eigenvalue weighted by Gasteiger charge is 2.11. The minimum Gasteiger partial charge on any atom is -0.378 e. The van der Waals surface area contributed by atoms with Gasteiger partial charge in [0.2, 0.25) is 5.91 Å². The van der Waals surface area contributed by atoms with E-state index in [0.717, 1.165) is 43.4 Å². The lowest BCUT2D eigenvalue weighted by molar-refractivity contribution is -0.114. The topological polar surface area (TPSA) is 53.6 Å². The van der Waals surface area contributed by atoms with Crippen LogP contribution in [0.4, 0.5) is 17.1 Å². The number of benzene rings is 2. The lowest BCUT2D eigenvalue weighted by atomic mass is 10.2. The summed E-state index contributed by atoms with van der Waals surface area (Å²) in [6.45, 7) is 3.52. The molecule has 2 N–H and O–H groups in total. The van der Waals surface area contributed by atoms with Gasteiger partial charge in [-0.3, -0.25) is 4.79 Å². The molecule has 0 aromatic heterocycles. The van der Waals surface area contributed by atoms with Gasteiger partial charge in [-0.05, 0) is 48.5 Å². The van der Waals surface area contributed by atoms with Crippen molar-refractivity contribution in [3.05, 3.63) is 53.6 Å². The second-order valence-electron chi connectivity index (χ2n) is 5.55. The molecule has 5 nitrogen and oxygen atoms in total. The Labute approximate surface area is 146 Å². The summed E-state index contributed by atoms with van der Waals surface area (Å²) >= 11 is 5.83. The lowest BCUT2D eigenvalue weighted by Gasteiger charge is -2.28. The monoisotopic (exact) mass is 345 g/mol.